The zero-order chi connectivity index (χ0) is 13.0. The summed E-state index contributed by atoms with van der Waals surface area (Å²) in [6, 6.07) is 2.41. The molecule has 1 atom stereocenters. The van der Waals surface area contributed by atoms with E-state index in [0.29, 0.717) is 6.42 Å². The third-order valence-corrected chi connectivity index (χ3v) is 2.25. The summed E-state index contributed by atoms with van der Waals surface area (Å²) < 4.78 is 13.3. The van der Waals surface area contributed by atoms with Gasteiger partial charge in [-0.3, -0.25) is 4.79 Å². The Balaban J connectivity index is 2.94. The molecule has 1 amide bonds. The Labute approximate surface area is 97.4 Å². The van der Waals surface area contributed by atoms with Crippen LogP contribution < -0.4 is 11.1 Å². The average Bonchev–Trinajstić information content (AvgIpc) is 2.30. The van der Waals surface area contributed by atoms with E-state index in [4.69, 9.17) is 10.8 Å². The summed E-state index contributed by atoms with van der Waals surface area (Å²) in [5.74, 6) is -2.44. The van der Waals surface area contributed by atoms with Gasteiger partial charge in [0.1, 0.15) is 5.82 Å². The predicted molar refractivity (Wildman–Crippen MR) is 60.3 cm³/mol. The first-order valence-corrected chi connectivity index (χ1v) is 5.05. The number of nitrogens with two attached hydrogens (primary N) is 1. The molecule has 0 saturated heterocycles. The minimum Gasteiger partial charge on any atom is -0.478 e. The number of hydrogen-bond donors (Lipinski definition) is 3. The van der Waals surface area contributed by atoms with Gasteiger partial charge in [-0.25, -0.2) is 9.18 Å². The van der Waals surface area contributed by atoms with E-state index >= 15 is 0 Å². The maximum absolute atomic E-state index is 13.3. The normalized spacial score (nSPS) is 11.9. The number of carbonyl (C=O) groups excluding carboxylic acids is 1. The van der Waals surface area contributed by atoms with Crippen molar-refractivity contribution < 1.29 is 19.1 Å². The lowest BCUT2D eigenvalue weighted by molar-refractivity contribution is -0.117. The van der Waals surface area contributed by atoms with Gasteiger partial charge in [0.25, 0.3) is 0 Å². The molecule has 1 aromatic rings. The molecule has 6 heteroatoms. The van der Waals surface area contributed by atoms with E-state index < -0.39 is 23.7 Å². The van der Waals surface area contributed by atoms with Crippen molar-refractivity contribution in [1.82, 2.24) is 0 Å². The third kappa shape index (κ3) is 3.25. The van der Waals surface area contributed by atoms with Crippen LogP contribution in [0.3, 0.4) is 0 Å². The molecule has 17 heavy (non-hydrogen) atoms. The van der Waals surface area contributed by atoms with E-state index in [1.165, 1.54) is 0 Å². The van der Waals surface area contributed by atoms with Crippen LogP contribution in [0.1, 0.15) is 23.7 Å². The maximum atomic E-state index is 13.3. The molecule has 0 spiro atoms. The molecule has 1 aromatic carbocycles. The maximum Gasteiger partial charge on any atom is 0.335 e. The third-order valence-electron chi connectivity index (χ3n) is 2.25. The first kappa shape index (κ1) is 13.1. The molecule has 92 valence electrons. The van der Waals surface area contributed by atoms with E-state index in [0.717, 1.165) is 18.2 Å². The minimum absolute atomic E-state index is 0.105. The van der Waals surface area contributed by atoms with Crippen LogP contribution in [0.25, 0.3) is 0 Å². The molecule has 0 radical (unpaired) electrons. The number of halogens is 1. The zero-order valence-electron chi connectivity index (χ0n) is 9.24. The van der Waals surface area contributed by atoms with Gasteiger partial charge in [0, 0.05) is 0 Å². The van der Waals surface area contributed by atoms with E-state index in [-0.39, 0.29) is 11.3 Å². The average molecular weight is 240 g/mol. The first-order chi connectivity index (χ1) is 7.95. The Bertz CT molecular complexity index is 448. The van der Waals surface area contributed by atoms with Crippen LogP contribution >= 0.6 is 0 Å². The molecule has 0 aromatic heterocycles. The lowest BCUT2D eigenvalue weighted by Crippen LogP contribution is -2.35. The van der Waals surface area contributed by atoms with Crippen LogP contribution in [0.5, 0.6) is 0 Å². The van der Waals surface area contributed by atoms with Crippen molar-refractivity contribution in [1.29, 1.82) is 0 Å². The predicted octanol–water partition coefficient (Wildman–Crippen LogP) is 1.20. The Morgan fingerprint density at radius 3 is 2.71 bits per heavy atom. The highest BCUT2D eigenvalue weighted by atomic mass is 19.1. The molecule has 1 rings (SSSR count). The number of carbonyl (C=O) groups is 2. The number of rotatable bonds is 4. The summed E-state index contributed by atoms with van der Waals surface area (Å²) in [6.45, 7) is 1.72. The SMILES string of the molecule is CC[C@H](N)C(=O)Nc1cc(C(=O)O)ccc1F. The van der Waals surface area contributed by atoms with Crippen LogP contribution in [0.2, 0.25) is 0 Å². The number of carboxylic acid groups (broad SMARTS) is 1. The number of hydrogen-bond acceptors (Lipinski definition) is 3. The van der Waals surface area contributed by atoms with Crippen molar-refractivity contribution in [2.24, 2.45) is 5.73 Å². The lowest BCUT2D eigenvalue weighted by Gasteiger charge is -2.11. The summed E-state index contributed by atoms with van der Waals surface area (Å²) in [4.78, 5) is 22.1. The fourth-order valence-corrected chi connectivity index (χ4v) is 1.16. The number of nitrogens with one attached hydrogen (secondary N) is 1. The fraction of sp³-hybridized carbons (Fsp3) is 0.273. The van der Waals surface area contributed by atoms with Crippen molar-refractivity contribution in [2.75, 3.05) is 5.32 Å². The van der Waals surface area contributed by atoms with Crippen molar-refractivity contribution >= 4 is 17.6 Å². The molecule has 5 nitrogen and oxygen atoms in total. The second-order valence-corrected chi connectivity index (χ2v) is 3.50. The Kier molecular flexibility index (Phi) is 4.17. The molecule has 0 fully saturated rings. The molecule has 0 aliphatic carbocycles. The highest BCUT2D eigenvalue weighted by Gasteiger charge is 2.14. The molecule has 4 N–H and O–H groups in total. The van der Waals surface area contributed by atoms with Gasteiger partial charge in [-0.1, -0.05) is 6.92 Å². The van der Waals surface area contributed by atoms with E-state index in [2.05, 4.69) is 5.32 Å². The van der Waals surface area contributed by atoms with E-state index in [1.807, 2.05) is 0 Å². The standard InChI is InChI=1S/C11H13FN2O3/c1-2-8(13)10(15)14-9-5-6(11(16)17)3-4-7(9)12/h3-5,8H,2,13H2,1H3,(H,14,15)(H,16,17)/t8-/m0/s1. The highest BCUT2D eigenvalue weighted by molar-refractivity contribution is 5.96. The molecular weight excluding hydrogens is 227 g/mol. The monoisotopic (exact) mass is 240 g/mol. The molecule has 0 unspecified atom stereocenters. The molecule has 0 bridgehead atoms. The van der Waals surface area contributed by atoms with E-state index in [1.54, 1.807) is 6.92 Å². The van der Waals surface area contributed by atoms with Crippen molar-refractivity contribution in [3.05, 3.63) is 29.6 Å². The first-order valence-electron chi connectivity index (χ1n) is 5.05. The Hall–Kier alpha value is -1.95. The summed E-state index contributed by atoms with van der Waals surface area (Å²) in [6.07, 6.45) is 0.409. The number of benzene rings is 1. The minimum atomic E-state index is -1.19. The molecular formula is C11H13FN2O3. The van der Waals surface area contributed by atoms with Gasteiger partial charge in [-0.15, -0.1) is 0 Å². The zero-order valence-corrected chi connectivity index (χ0v) is 9.24. The molecule has 0 aliphatic heterocycles. The van der Waals surface area contributed by atoms with Gasteiger partial charge in [0.05, 0.1) is 17.3 Å². The summed E-state index contributed by atoms with van der Waals surface area (Å²) in [7, 11) is 0. The van der Waals surface area contributed by atoms with Gasteiger partial charge < -0.3 is 16.2 Å². The quantitative estimate of drug-likeness (QED) is 0.737. The Morgan fingerprint density at radius 1 is 1.53 bits per heavy atom. The molecule has 0 heterocycles. The van der Waals surface area contributed by atoms with E-state index in [9.17, 15) is 14.0 Å². The second-order valence-electron chi connectivity index (χ2n) is 3.50. The molecule has 0 aliphatic rings. The van der Waals surface area contributed by atoms with Crippen LogP contribution in [0, 0.1) is 5.82 Å². The van der Waals surface area contributed by atoms with Crippen LogP contribution in [-0.4, -0.2) is 23.0 Å². The number of carboxylic acids is 1. The second kappa shape index (κ2) is 5.40. The summed E-state index contributed by atoms with van der Waals surface area (Å²) in [5.41, 5.74) is 5.17. The Morgan fingerprint density at radius 2 is 2.18 bits per heavy atom. The lowest BCUT2D eigenvalue weighted by atomic mass is 10.1. The largest absolute Gasteiger partial charge is 0.478 e. The van der Waals surface area contributed by atoms with Gasteiger partial charge in [0.2, 0.25) is 5.91 Å². The van der Waals surface area contributed by atoms with Crippen LogP contribution in [0.4, 0.5) is 10.1 Å². The van der Waals surface area contributed by atoms with Crippen LogP contribution in [-0.2, 0) is 4.79 Å². The summed E-state index contributed by atoms with van der Waals surface area (Å²) >= 11 is 0. The number of aromatic carboxylic acids is 1. The van der Waals surface area contributed by atoms with Gasteiger partial charge in [-0.2, -0.15) is 0 Å². The van der Waals surface area contributed by atoms with Gasteiger partial charge in [0.15, 0.2) is 0 Å². The van der Waals surface area contributed by atoms with Gasteiger partial charge >= 0.3 is 5.97 Å². The highest BCUT2D eigenvalue weighted by Crippen LogP contribution is 2.16. The van der Waals surface area contributed by atoms with Gasteiger partial charge in [-0.05, 0) is 24.6 Å². The number of anilines is 1. The molecule has 0 saturated carbocycles. The van der Waals surface area contributed by atoms with Crippen molar-refractivity contribution in [2.45, 2.75) is 19.4 Å². The topological polar surface area (TPSA) is 92.4 Å². The fourth-order valence-electron chi connectivity index (χ4n) is 1.16. The number of amides is 1. The smallest absolute Gasteiger partial charge is 0.335 e. The van der Waals surface area contributed by atoms with Crippen molar-refractivity contribution in [3.8, 4) is 0 Å². The van der Waals surface area contributed by atoms with Crippen molar-refractivity contribution in [3.63, 3.8) is 0 Å². The summed E-state index contributed by atoms with van der Waals surface area (Å²) in [5, 5.41) is 11.0. The van der Waals surface area contributed by atoms with Crippen LogP contribution in [0.15, 0.2) is 18.2 Å².